The highest BCUT2D eigenvalue weighted by atomic mass is 16.5. The van der Waals surface area contributed by atoms with Gasteiger partial charge in [-0.1, -0.05) is 5.16 Å². The quantitative estimate of drug-likeness (QED) is 0.848. The lowest BCUT2D eigenvalue weighted by Crippen LogP contribution is -2.48. The Balaban J connectivity index is 1.63. The number of ether oxygens (including phenoxy) is 2. The molecule has 1 aromatic heterocycles. The monoisotopic (exact) mass is 338 g/mol. The predicted molar refractivity (Wildman–Crippen MR) is 85.4 cm³/mol. The van der Waals surface area contributed by atoms with Gasteiger partial charge in [-0.15, -0.1) is 0 Å². The Labute approximate surface area is 141 Å². The van der Waals surface area contributed by atoms with E-state index in [0.717, 1.165) is 32.3 Å². The van der Waals surface area contributed by atoms with Crippen LogP contribution in [0.25, 0.3) is 0 Å². The fourth-order valence-electron chi connectivity index (χ4n) is 3.35. The molecule has 2 amide bonds. The average molecular weight is 338 g/mol. The van der Waals surface area contributed by atoms with Gasteiger partial charge in [-0.2, -0.15) is 4.98 Å². The molecule has 0 bridgehead atoms. The van der Waals surface area contributed by atoms with Gasteiger partial charge in [0.25, 0.3) is 0 Å². The number of aryl methyl sites for hydroxylation is 1. The van der Waals surface area contributed by atoms with Crippen molar-refractivity contribution in [2.75, 3.05) is 19.8 Å². The molecule has 0 saturated carbocycles. The maximum atomic E-state index is 12.4. The van der Waals surface area contributed by atoms with Gasteiger partial charge in [0.15, 0.2) is 5.82 Å². The van der Waals surface area contributed by atoms with Crippen molar-refractivity contribution < 1.29 is 18.8 Å². The van der Waals surface area contributed by atoms with Crippen LogP contribution in [0.2, 0.25) is 0 Å². The Bertz CT molecular complexity index is 538. The maximum absolute atomic E-state index is 12.4. The van der Waals surface area contributed by atoms with Crippen LogP contribution < -0.4 is 10.6 Å². The average Bonchev–Trinajstić information content (AvgIpc) is 3.25. The SMILES string of the molecule is Cc1noc(C(NC(=O)NC(C)C2CCCO2)C2CCOCC2)n1. The smallest absolute Gasteiger partial charge is 0.315 e. The molecule has 1 aromatic rings. The van der Waals surface area contributed by atoms with Crippen molar-refractivity contribution in [3.05, 3.63) is 11.7 Å². The van der Waals surface area contributed by atoms with Crippen molar-refractivity contribution in [3.8, 4) is 0 Å². The van der Waals surface area contributed by atoms with Crippen LogP contribution in [-0.2, 0) is 9.47 Å². The molecule has 24 heavy (non-hydrogen) atoms. The van der Waals surface area contributed by atoms with Gasteiger partial charge in [0.2, 0.25) is 5.89 Å². The Morgan fingerprint density at radius 1 is 1.21 bits per heavy atom. The van der Waals surface area contributed by atoms with E-state index in [-0.39, 0.29) is 30.1 Å². The van der Waals surface area contributed by atoms with Crippen molar-refractivity contribution in [3.63, 3.8) is 0 Å². The van der Waals surface area contributed by atoms with Crippen LogP contribution in [0.1, 0.15) is 50.4 Å². The third kappa shape index (κ3) is 4.24. The van der Waals surface area contributed by atoms with Crippen molar-refractivity contribution in [1.29, 1.82) is 0 Å². The molecule has 134 valence electrons. The van der Waals surface area contributed by atoms with Gasteiger partial charge >= 0.3 is 6.03 Å². The Hall–Kier alpha value is -1.67. The minimum absolute atomic E-state index is 0.0349. The summed E-state index contributed by atoms with van der Waals surface area (Å²) in [6.07, 6.45) is 3.82. The summed E-state index contributed by atoms with van der Waals surface area (Å²) in [5, 5.41) is 9.84. The maximum Gasteiger partial charge on any atom is 0.315 e. The molecule has 8 heteroatoms. The summed E-state index contributed by atoms with van der Waals surface area (Å²) in [5.74, 6) is 1.25. The molecule has 0 spiro atoms. The number of nitrogens with one attached hydrogen (secondary N) is 2. The van der Waals surface area contributed by atoms with Gasteiger partial charge in [-0.05, 0) is 45.4 Å². The fraction of sp³-hybridized carbons (Fsp3) is 0.812. The third-order valence-corrected chi connectivity index (χ3v) is 4.71. The zero-order chi connectivity index (χ0) is 16.9. The first-order chi connectivity index (χ1) is 11.6. The standard InChI is InChI=1S/C16H26N4O4/c1-10(13-4-3-7-23-13)17-16(21)19-14(12-5-8-22-9-6-12)15-18-11(2)20-24-15/h10,12-14H,3-9H2,1-2H3,(H2,17,19,21). The van der Waals surface area contributed by atoms with Crippen LogP contribution in [0.15, 0.2) is 4.52 Å². The lowest BCUT2D eigenvalue weighted by molar-refractivity contribution is 0.0497. The van der Waals surface area contributed by atoms with Crippen LogP contribution in [0.5, 0.6) is 0 Å². The van der Waals surface area contributed by atoms with Gasteiger partial charge in [0, 0.05) is 19.8 Å². The van der Waals surface area contributed by atoms with E-state index in [1.807, 2.05) is 6.92 Å². The largest absolute Gasteiger partial charge is 0.381 e. The van der Waals surface area contributed by atoms with E-state index in [2.05, 4.69) is 20.8 Å². The van der Waals surface area contributed by atoms with E-state index in [1.54, 1.807) is 6.92 Å². The molecule has 2 aliphatic heterocycles. The molecule has 0 aliphatic carbocycles. The van der Waals surface area contributed by atoms with Gasteiger partial charge in [-0.3, -0.25) is 0 Å². The summed E-state index contributed by atoms with van der Waals surface area (Å²) in [6, 6.07) is -0.565. The molecule has 2 aliphatic rings. The molecule has 0 radical (unpaired) electrons. The first-order valence-electron chi connectivity index (χ1n) is 8.70. The second kappa shape index (κ2) is 7.94. The summed E-state index contributed by atoms with van der Waals surface area (Å²) < 4.78 is 16.4. The number of carbonyl (C=O) groups is 1. The van der Waals surface area contributed by atoms with E-state index < -0.39 is 0 Å². The number of nitrogens with zero attached hydrogens (tertiary/aromatic N) is 2. The number of hydrogen-bond donors (Lipinski definition) is 2. The van der Waals surface area contributed by atoms with E-state index in [4.69, 9.17) is 14.0 Å². The normalized spacial score (nSPS) is 24.5. The molecule has 2 N–H and O–H groups in total. The molecule has 3 unspecified atom stereocenters. The van der Waals surface area contributed by atoms with E-state index >= 15 is 0 Å². The lowest BCUT2D eigenvalue weighted by atomic mass is 9.91. The molecule has 8 nitrogen and oxygen atoms in total. The number of rotatable bonds is 5. The molecule has 3 atom stereocenters. The van der Waals surface area contributed by atoms with Crippen LogP contribution >= 0.6 is 0 Å². The Morgan fingerprint density at radius 2 is 2.00 bits per heavy atom. The summed E-state index contributed by atoms with van der Waals surface area (Å²) >= 11 is 0. The van der Waals surface area contributed by atoms with Crippen molar-refractivity contribution in [1.82, 2.24) is 20.8 Å². The number of aromatic nitrogens is 2. The van der Waals surface area contributed by atoms with Crippen LogP contribution in [0.3, 0.4) is 0 Å². The second-order valence-corrected chi connectivity index (χ2v) is 6.57. The molecular weight excluding hydrogens is 312 g/mol. The minimum atomic E-state index is -0.299. The highest BCUT2D eigenvalue weighted by Crippen LogP contribution is 2.29. The van der Waals surface area contributed by atoms with Gasteiger partial charge in [0.05, 0.1) is 12.1 Å². The van der Waals surface area contributed by atoms with Gasteiger partial charge in [-0.25, -0.2) is 4.79 Å². The van der Waals surface area contributed by atoms with E-state index in [9.17, 15) is 4.79 Å². The molecule has 2 fully saturated rings. The number of amides is 2. The van der Waals surface area contributed by atoms with Gasteiger partial charge in [0.1, 0.15) is 6.04 Å². The van der Waals surface area contributed by atoms with E-state index in [1.165, 1.54) is 0 Å². The molecule has 3 rings (SSSR count). The first-order valence-corrected chi connectivity index (χ1v) is 8.70. The molecular formula is C16H26N4O4. The molecule has 0 aromatic carbocycles. The zero-order valence-electron chi connectivity index (χ0n) is 14.3. The topological polar surface area (TPSA) is 98.5 Å². The Kier molecular flexibility index (Phi) is 5.68. The van der Waals surface area contributed by atoms with Crippen LogP contribution in [0, 0.1) is 12.8 Å². The van der Waals surface area contributed by atoms with Crippen molar-refractivity contribution in [2.24, 2.45) is 5.92 Å². The zero-order valence-corrected chi connectivity index (χ0v) is 14.3. The summed E-state index contributed by atoms with van der Waals surface area (Å²) in [7, 11) is 0. The summed E-state index contributed by atoms with van der Waals surface area (Å²) in [4.78, 5) is 16.8. The van der Waals surface area contributed by atoms with Crippen LogP contribution in [-0.4, -0.2) is 48.1 Å². The number of hydrogen-bond acceptors (Lipinski definition) is 6. The number of urea groups is 1. The molecule has 2 saturated heterocycles. The van der Waals surface area contributed by atoms with Gasteiger partial charge < -0.3 is 24.6 Å². The summed E-state index contributed by atoms with van der Waals surface area (Å²) in [6.45, 7) is 5.88. The van der Waals surface area contributed by atoms with Crippen molar-refractivity contribution in [2.45, 2.75) is 57.7 Å². The van der Waals surface area contributed by atoms with E-state index in [0.29, 0.717) is 24.9 Å². The van der Waals surface area contributed by atoms with Crippen molar-refractivity contribution >= 4 is 6.03 Å². The highest BCUT2D eigenvalue weighted by molar-refractivity contribution is 5.74. The molecule has 3 heterocycles. The fourth-order valence-corrected chi connectivity index (χ4v) is 3.35. The lowest BCUT2D eigenvalue weighted by Gasteiger charge is -2.29. The van der Waals surface area contributed by atoms with Crippen LogP contribution in [0.4, 0.5) is 4.79 Å². The third-order valence-electron chi connectivity index (χ3n) is 4.71. The Morgan fingerprint density at radius 3 is 2.62 bits per heavy atom. The predicted octanol–water partition coefficient (Wildman–Crippen LogP) is 1.71. The minimum Gasteiger partial charge on any atom is -0.381 e. The highest BCUT2D eigenvalue weighted by Gasteiger charge is 2.32. The summed E-state index contributed by atoms with van der Waals surface area (Å²) in [5.41, 5.74) is 0. The number of carbonyl (C=O) groups excluding carboxylic acids is 1. The second-order valence-electron chi connectivity index (χ2n) is 6.57. The first kappa shape index (κ1) is 17.2.